The van der Waals surface area contributed by atoms with E-state index in [1.165, 1.54) is 0 Å². The number of hydrogen-bond donors (Lipinski definition) is 0. The molecule has 0 bridgehead atoms. The molecule has 8 nitrogen and oxygen atoms in total. The summed E-state index contributed by atoms with van der Waals surface area (Å²) >= 11 is 0. The Morgan fingerprint density at radius 2 is 1.84 bits per heavy atom. The van der Waals surface area contributed by atoms with Crippen molar-refractivity contribution in [3.05, 3.63) is 47.9 Å². The maximum absolute atomic E-state index is 14.3. The van der Waals surface area contributed by atoms with Gasteiger partial charge in [0.15, 0.2) is 8.32 Å². The summed E-state index contributed by atoms with van der Waals surface area (Å²) in [6.07, 6.45) is 5.00. The summed E-state index contributed by atoms with van der Waals surface area (Å²) in [5, 5.41) is 6.12. The van der Waals surface area contributed by atoms with E-state index in [4.69, 9.17) is 9.16 Å². The van der Waals surface area contributed by atoms with Crippen LogP contribution in [0, 0.1) is 11.7 Å². The zero-order valence-corrected chi connectivity index (χ0v) is 23.5. The Balaban J connectivity index is 1.31. The van der Waals surface area contributed by atoms with Crippen molar-refractivity contribution in [3.8, 4) is 5.88 Å². The number of ether oxygens (including phenoxy) is 1. The fraction of sp³-hybridized carbons (Fsp3) is 0.556. The zero-order valence-electron chi connectivity index (χ0n) is 22.5. The molecular weight excluding hydrogens is 489 g/mol. The molecule has 4 rings (SSSR count). The van der Waals surface area contributed by atoms with Crippen molar-refractivity contribution in [3.63, 3.8) is 0 Å². The van der Waals surface area contributed by atoms with Crippen LogP contribution < -0.4 is 9.64 Å². The van der Waals surface area contributed by atoms with Gasteiger partial charge in [-0.05, 0) is 36.5 Å². The summed E-state index contributed by atoms with van der Waals surface area (Å²) in [4.78, 5) is 23.8. The third-order valence-electron chi connectivity index (χ3n) is 7.66. The predicted molar refractivity (Wildman–Crippen MR) is 145 cm³/mol. The molecule has 10 heteroatoms. The van der Waals surface area contributed by atoms with Gasteiger partial charge in [0.1, 0.15) is 6.61 Å². The Labute approximate surface area is 220 Å². The van der Waals surface area contributed by atoms with Gasteiger partial charge in [0.25, 0.3) is 5.88 Å². The quantitative estimate of drug-likeness (QED) is 0.347. The molecule has 1 aromatic heterocycles. The number of carbonyl (C=O) groups excluding carboxylic acids is 1. The number of piperidine rings is 1. The predicted octanol–water partition coefficient (Wildman–Crippen LogP) is 5.19. The van der Waals surface area contributed by atoms with Crippen LogP contribution in [0.5, 0.6) is 5.88 Å². The lowest BCUT2D eigenvalue weighted by Gasteiger charge is -2.36. The van der Waals surface area contributed by atoms with Gasteiger partial charge in [-0.3, -0.25) is 4.79 Å². The maximum atomic E-state index is 14.3. The molecule has 2 aliphatic heterocycles. The van der Waals surface area contributed by atoms with E-state index in [0.29, 0.717) is 38.5 Å². The molecule has 3 heterocycles. The first-order valence-corrected chi connectivity index (χ1v) is 15.9. The van der Waals surface area contributed by atoms with Crippen molar-refractivity contribution in [1.82, 2.24) is 15.0 Å². The molecule has 0 spiro atoms. The zero-order chi connectivity index (χ0) is 26.6. The van der Waals surface area contributed by atoms with Crippen molar-refractivity contribution < 1.29 is 18.3 Å². The van der Waals surface area contributed by atoms with E-state index >= 15 is 0 Å². The molecule has 2 aromatic rings. The molecule has 2 aliphatic rings. The van der Waals surface area contributed by atoms with Gasteiger partial charge >= 0.3 is 0 Å². The van der Waals surface area contributed by atoms with Crippen LogP contribution in [0.2, 0.25) is 18.1 Å². The topological polar surface area (TPSA) is 80.2 Å². The molecule has 1 aromatic carbocycles. The molecule has 37 heavy (non-hydrogen) atoms. The highest BCUT2D eigenvalue weighted by Gasteiger charge is 2.37. The largest absolute Gasteiger partial charge is 0.473 e. The third kappa shape index (κ3) is 6.35. The highest BCUT2D eigenvalue weighted by atomic mass is 28.4. The molecule has 0 N–H and O–H groups in total. The van der Waals surface area contributed by atoms with Gasteiger partial charge in [-0.2, -0.15) is 14.5 Å². The highest BCUT2D eigenvalue weighted by Crippen LogP contribution is 2.36. The van der Waals surface area contributed by atoms with Crippen LogP contribution in [0.25, 0.3) is 0 Å². The van der Waals surface area contributed by atoms with Gasteiger partial charge in [-0.1, -0.05) is 51.1 Å². The van der Waals surface area contributed by atoms with E-state index in [9.17, 15) is 9.18 Å². The average Bonchev–Trinajstić information content (AvgIpc) is 3.37. The average molecular weight is 528 g/mol. The SMILES string of the molecule is CC(C)(C)[Si](C)(C)OCCOc1nc(N2CCC(C(=O)N3N=CCC3c3ccccc3)CC2)ncc1F. The molecular formula is C27H38FN5O3Si. The minimum atomic E-state index is -1.90. The van der Waals surface area contributed by atoms with Crippen LogP contribution in [-0.2, 0) is 9.22 Å². The summed E-state index contributed by atoms with van der Waals surface area (Å²) in [6, 6.07) is 9.96. The van der Waals surface area contributed by atoms with E-state index in [0.717, 1.165) is 18.2 Å². The van der Waals surface area contributed by atoms with E-state index in [2.05, 4.69) is 48.9 Å². The number of benzene rings is 1. The standard InChI is InChI=1S/C27H38FN5O3Si/c1-27(2,3)37(4,5)36-18-17-35-24-22(28)19-29-26(31-24)32-15-12-21(13-16-32)25(34)33-23(11-14-30-33)20-9-7-6-8-10-20/h6-10,14,19,21,23H,11-13,15-18H2,1-5H3. The minimum Gasteiger partial charge on any atom is -0.473 e. The Bertz CT molecular complexity index is 1100. The fourth-order valence-corrected chi connectivity index (χ4v) is 5.37. The molecule has 1 amide bonds. The number of hydrazone groups is 1. The number of hydrogen-bond acceptors (Lipinski definition) is 7. The molecule has 1 fully saturated rings. The summed E-state index contributed by atoms with van der Waals surface area (Å²) in [5.74, 6) is -0.331. The Hall–Kier alpha value is -2.85. The van der Waals surface area contributed by atoms with Crippen LogP contribution in [0.1, 0.15) is 51.6 Å². The van der Waals surface area contributed by atoms with Gasteiger partial charge < -0.3 is 14.1 Å². The lowest BCUT2D eigenvalue weighted by molar-refractivity contribution is -0.138. The van der Waals surface area contributed by atoms with Crippen molar-refractivity contribution in [2.45, 2.75) is 64.2 Å². The lowest BCUT2D eigenvalue weighted by atomic mass is 9.94. The normalized spacial score (nSPS) is 18.9. The van der Waals surface area contributed by atoms with Gasteiger partial charge in [-0.15, -0.1) is 0 Å². The van der Waals surface area contributed by atoms with Gasteiger partial charge in [-0.25, -0.2) is 9.99 Å². The van der Waals surface area contributed by atoms with Crippen LogP contribution in [-0.4, -0.2) is 61.7 Å². The van der Waals surface area contributed by atoms with Crippen molar-refractivity contribution >= 4 is 26.4 Å². The van der Waals surface area contributed by atoms with Gasteiger partial charge in [0.05, 0.1) is 18.8 Å². The van der Waals surface area contributed by atoms with E-state index in [-0.39, 0.29) is 35.4 Å². The van der Waals surface area contributed by atoms with Gasteiger partial charge in [0.2, 0.25) is 17.7 Å². The second-order valence-electron chi connectivity index (χ2n) is 11.2. The van der Waals surface area contributed by atoms with Crippen molar-refractivity contribution in [2.75, 3.05) is 31.2 Å². The fourth-order valence-electron chi connectivity index (χ4n) is 4.34. The Morgan fingerprint density at radius 3 is 2.51 bits per heavy atom. The van der Waals surface area contributed by atoms with Crippen LogP contribution in [0.15, 0.2) is 41.6 Å². The minimum absolute atomic E-state index is 0.0486. The number of aromatic nitrogens is 2. The van der Waals surface area contributed by atoms with Crippen LogP contribution in [0.3, 0.4) is 0 Å². The number of anilines is 1. The van der Waals surface area contributed by atoms with Crippen LogP contribution >= 0.6 is 0 Å². The molecule has 0 radical (unpaired) electrons. The summed E-state index contributed by atoms with van der Waals surface area (Å²) in [7, 11) is -1.90. The smallest absolute Gasteiger partial charge is 0.255 e. The molecule has 0 saturated carbocycles. The molecule has 200 valence electrons. The summed E-state index contributed by atoms with van der Waals surface area (Å²) in [6.45, 7) is 12.7. The van der Waals surface area contributed by atoms with Crippen LogP contribution in [0.4, 0.5) is 10.3 Å². The number of carbonyl (C=O) groups is 1. The second kappa shape index (κ2) is 11.3. The van der Waals surface area contributed by atoms with E-state index in [1.54, 1.807) is 5.01 Å². The van der Waals surface area contributed by atoms with Crippen molar-refractivity contribution in [2.24, 2.45) is 11.0 Å². The summed E-state index contributed by atoms with van der Waals surface area (Å²) < 4.78 is 26.1. The van der Waals surface area contributed by atoms with E-state index in [1.807, 2.05) is 41.4 Å². The summed E-state index contributed by atoms with van der Waals surface area (Å²) in [5.41, 5.74) is 1.09. The van der Waals surface area contributed by atoms with Crippen molar-refractivity contribution in [1.29, 1.82) is 0 Å². The Kier molecular flexibility index (Phi) is 8.28. The molecule has 1 atom stereocenters. The Morgan fingerprint density at radius 1 is 1.14 bits per heavy atom. The van der Waals surface area contributed by atoms with E-state index < -0.39 is 14.1 Å². The maximum Gasteiger partial charge on any atom is 0.255 e. The highest BCUT2D eigenvalue weighted by molar-refractivity contribution is 6.74. The molecule has 1 unspecified atom stereocenters. The number of amides is 1. The first-order chi connectivity index (χ1) is 17.6. The first kappa shape index (κ1) is 27.2. The van der Waals surface area contributed by atoms with Gasteiger partial charge in [0, 0.05) is 31.6 Å². The lowest BCUT2D eigenvalue weighted by Crippen LogP contribution is -2.42. The number of rotatable bonds is 8. The first-order valence-electron chi connectivity index (χ1n) is 13.0. The second-order valence-corrected chi connectivity index (χ2v) is 16.0. The number of halogens is 1. The monoisotopic (exact) mass is 527 g/mol. The third-order valence-corrected chi connectivity index (χ3v) is 12.2. The molecule has 1 saturated heterocycles. The number of nitrogens with zero attached hydrogens (tertiary/aromatic N) is 5. The molecule has 0 aliphatic carbocycles.